The van der Waals surface area contributed by atoms with Gasteiger partial charge in [-0.2, -0.15) is 0 Å². The molecule has 1 aliphatic heterocycles. The third-order valence-electron chi connectivity index (χ3n) is 11.2. The van der Waals surface area contributed by atoms with Crippen molar-refractivity contribution in [2.24, 2.45) is 45.1 Å². The molecule has 36 heavy (non-hydrogen) atoms. The van der Waals surface area contributed by atoms with Gasteiger partial charge in [-0.15, -0.1) is 0 Å². The number of fused-ring (bicyclic) bond motifs is 5. The van der Waals surface area contributed by atoms with Crippen molar-refractivity contribution in [3.8, 4) is 0 Å². The maximum atomic E-state index is 12.3. The van der Waals surface area contributed by atoms with Crippen LogP contribution in [-0.4, -0.2) is 48.1 Å². The molecule has 5 aliphatic rings. The molecule has 0 spiro atoms. The average molecular weight is 501 g/mol. The Bertz CT molecular complexity index is 938. The predicted octanol–water partition coefficient (Wildman–Crippen LogP) is 4.95. The van der Waals surface area contributed by atoms with E-state index in [1.165, 1.54) is 31.4 Å². The lowest BCUT2D eigenvalue weighted by molar-refractivity contribution is -0.160. The monoisotopic (exact) mass is 500 g/mol. The molecule has 5 rings (SSSR count). The fraction of sp³-hybridized carbons (Fsp3) is 0.828. The van der Waals surface area contributed by atoms with Gasteiger partial charge in [0.25, 0.3) is 0 Å². The summed E-state index contributed by atoms with van der Waals surface area (Å²) in [5.74, 6) is 0.864. The molecule has 0 aromatic carbocycles. The fourth-order valence-corrected chi connectivity index (χ4v) is 9.40. The van der Waals surface area contributed by atoms with Gasteiger partial charge in [-0.25, -0.2) is 9.59 Å². The Morgan fingerprint density at radius 3 is 2.47 bits per heavy atom. The summed E-state index contributed by atoms with van der Waals surface area (Å²) >= 11 is 0. The fourth-order valence-electron chi connectivity index (χ4n) is 9.40. The Balaban J connectivity index is 1.30. The second-order valence-corrected chi connectivity index (χ2v) is 13.2. The van der Waals surface area contributed by atoms with E-state index < -0.39 is 11.9 Å². The van der Waals surface area contributed by atoms with Gasteiger partial charge in [0.15, 0.2) is 0 Å². The van der Waals surface area contributed by atoms with Gasteiger partial charge < -0.3 is 20.0 Å². The van der Waals surface area contributed by atoms with Crippen molar-refractivity contribution in [3.63, 3.8) is 0 Å². The Kier molecular flexibility index (Phi) is 6.76. The number of aliphatic carboxylic acids is 1. The summed E-state index contributed by atoms with van der Waals surface area (Å²) in [5.41, 5.74) is 1.56. The van der Waals surface area contributed by atoms with Crippen molar-refractivity contribution < 1.29 is 24.3 Å². The number of hydrogen-bond donors (Lipinski definition) is 2. The Labute approximate surface area is 215 Å². The van der Waals surface area contributed by atoms with E-state index in [0.717, 1.165) is 57.3 Å². The molecule has 0 aromatic heterocycles. The summed E-state index contributed by atoms with van der Waals surface area (Å²) in [4.78, 5) is 29.1. The molecule has 0 amide bonds. The number of ether oxygens (including phenoxy) is 1. The summed E-state index contributed by atoms with van der Waals surface area (Å²) in [5, 5.41) is 16.9. The Hall–Kier alpha value is -1.89. The summed E-state index contributed by atoms with van der Waals surface area (Å²) in [6.45, 7) is 11.6. The SMILES string of the molecule is CC1(C)/C(=N/O[C@@H]2CCNC2)CC[C@@]2(C)C1CC[C@H]1[C@@H]3CC[C@H](OC(=O)/C=C/C(=O)O)[C@@]3(C)CC[C@@H]12. The normalized spacial score (nSPS) is 44.6. The van der Waals surface area contributed by atoms with Crippen LogP contribution >= 0.6 is 0 Å². The van der Waals surface area contributed by atoms with E-state index >= 15 is 0 Å². The minimum Gasteiger partial charge on any atom is -0.478 e. The highest BCUT2D eigenvalue weighted by molar-refractivity contribution is 5.91. The van der Waals surface area contributed by atoms with Crippen molar-refractivity contribution >= 4 is 17.7 Å². The lowest BCUT2D eigenvalue weighted by Crippen LogP contribution is -2.58. The standard InChI is InChI=1S/C29H44N2O5/c1-27(2)22-7-5-19-20-6-8-24(35-26(34)10-9-25(32)33)29(20,4)14-11-21(19)28(22,3)15-12-23(27)31-36-18-13-16-30-17-18/h9-10,18-22,24,30H,5-8,11-17H2,1-4H3,(H,32,33)/b10-9+,31-23+/t18-,19+,20+,21+,22?,24+,28-,29+/m1/s1. The predicted molar refractivity (Wildman–Crippen MR) is 137 cm³/mol. The largest absolute Gasteiger partial charge is 0.478 e. The number of nitrogens with one attached hydrogen (secondary N) is 1. The highest BCUT2D eigenvalue weighted by atomic mass is 16.6. The van der Waals surface area contributed by atoms with Crippen molar-refractivity contribution in [1.82, 2.24) is 5.32 Å². The van der Waals surface area contributed by atoms with Gasteiger partial charge in [-0.05, 0) is 87.0 Å². The van der Waals surface area contributed by atoms with Gasteiger partial charge in [-0.3, -0.25) is 0 Å². The van der Waals surface area contributed by atoms with Crippen LogP contribution in [0.25, 0.3) is 0 Å². The topological polar surface area (TPSA) is 97.2 Å². The number of hydrogen-bond acceptors (Lipinski definition) is 6. The average Bonchev–Trinajstić information content (AvgIpc) is 3.45. The van der Waals surface area contributed by atoms with Gasteiger partial charge in [0.1, 0.15) is 12.2 Å². The summed E-state index contributed by atoms with van der Waals surface area (Å²) in [7, 11) is 0. The maximum absolute atomic E-state index is 12.3. The molecule has 8 atom stereocenters. The van der Waals surface area contributed by atoms with E-state index in [1.54, 1.807) is 0 Å². The number of nitrogens with zero attached hydrogens (tertiary/aromatic N) is 1. The first kappa shape index (κ1) is 25.7. The van der Waals surface area contributed by atoms with Gasteiger partial charge in [0, 0.05) is 35.9 Å². The van der Waals surface area contributed by atoms with E-state index in [9.17, 15) is 9.59 Å². The third-order valence-corrected chi connectivity index (χ3v) is 11.2. The second kappa shape index (κ2) is 9.45. The van der Waals surface area contributed by atoms with Crippen LogP contribution in [0, 0.1) is 39.9 Å². The molecule has 4 aliphatic carbocycles. The summed E-state index contributed by atoms with van der Waals surface area (Å²) in [6.07, 6.45) is 11.9. The first-order chi connectivity index (χ1) is 17.1. The number of carboxylic acid groups (broad SMARTS) is 1. The van der Waals surface area contributed by atoms with Crippen molar-refractivity contribution in [2.75, 3.05) is 13.1 Å². The molecule has 1 heterocycles. The smallest absolute Gasteiger partial charge is 0.331 e. The maximum Gasteiger partial charge on any atom is 0.331 e. The quantitative estimate of drug-likeness (QED) is 0.315. The Morgan fingerprint density at radius 2 is 1.75 bits per heavy atom. The number of carbonyl (C=O) groups excluding carboxylic acids is 1. The molecule has 0 aromatic rings. The number of carboxylic acids is 1. The van der Waals surface area contributed by atoms with Crippen molar-refractivity contribution in [1.29, 1.82) is 0 Å². The summed E-state index contributed by atoms with van der Waals surface area (Å²) in [6, 6.07) is 0. The molecule has 0 radical (unpaired) electrons. The molecule has 0 bridgehead atoms. The van der Waals surface area contributed by atoms with Crippen molar-refractivity contribution in [3.05, 3.63) is 12.2 Å². The zero-order valence-corrected chi connectivity index (χ0v) is 22.4. The summed E-state index contributed by atoms with van der Waals surface area (Å²) < 4.78 is 5.84. The lowest BCUT2D eigenvalue weighted by Gasteiger charge is -2.63. The van der Waals surface area contributed by atoms with Crippen LogP contribution in [-0.2, 0) is 19.2 Å². The van der Waals surface area contributed by atoms with Crippen molar-refractivity contribution in [2.45, 2.75) is 97.7 Å². The van der Waals surface area contributed by atoms with E-state index in [0.29, 0.717) is 29.1 Å². The van der Waals surface area contributed by atoms with Gasteiger partial charge in [0.05, 0.1) is 5.71 Å². The molecule has 200 valence electrons. The van der Waals surface area contributed by atoms with Gasteiger partial charge in [0.2, 0.25) is 0 Å². The number of esters is 1. The van der Waals surface area contributed by atoms with Crippen LogP contribution in [0.3, 0.4) is 0 Å². The van der Waals surface area contributed by atoms with Gasteiger partial charge in [-0.1, -0.05) is 32.9 Å². The second-order valence-electron chi connectivity index (χ2n) is 13.2. The van der Waals surface area contributed by atoms with Gasteiger partial charge >= 0.3 is 11.9 Å². The first-order valence-corrected chi connectivity index (χ1v) is 14.1. The molecule has 1 saturated heterocycles. The molecule has 7 nitrogen and oxygen atoms in total. The molecule has 4 saturated carbocycles. The van der Waals surface area contributed by atoms with Crippen LogP contribution < -0.4 is 5.32 Å². The van der Waals surface area contributed by atoms with Crippen LogP contribution in [0.5, 0.6) is 0 Å². The minimum atomic E-state index is -1.13. The first-order valence-electron chi connectivity index (χ1n) is 14.1. The van der Waals surface area contributed by atoms with Crippen LogP contribution in [0.2, 0.25) is 0 Å². The van der Waals surface area contributed by atoms with E-state index in [2.05, 4.69) is 33.0 Å². The van der Waals surface area contributed by atoms with Crippen LogP contribution in [0.1, 0.15) is 85.5 Å². The zero-order valence-electron chi connectivity index (χ0n) is 22.4. The number of carbonyl (C=O) groups is 2. The highest BCUT2D eigenvalue weighted by Crippen LogP contribution is 2.68. The minimum absolute atomic E-state index is 0.0168. The van der Waals surface area contributed by atoms with E-state index in [1.807, 2.05) is 0 Å². The molecule has 2 N–H and O–H groups in total. The molecular formula is C29H44N2O5. The molecule has 7 heteroatoms. The van der Waals surface area contributed by atoms with Crippen LogP contribution in [0.15, 0.2) is 17.3 Å². The Morgan fingerprint density at radius 1 is 0.972 bits per heavy atom. The van der Waals surface area contributed by atoms with E-state index in [4.69, 9.17) is 19.8 Å². The zero-order chi connectivity index (χ0) is 25.7. The number of oxime groups is 1. The third kappa shape index (κ3) is 4.29. The number of rotatable bonds is 5. The molecular weight excluding hydrogens is 456 g/mol. The molecule has 1 unspecified atom stereocenters. The lowest BCUT2D eigenvalue weighted by atomic mass is 9.41. The van der Waals surface area contributed by atoms with Crippen LogP contribution in [0.4, 0.5) is 0 Å². The van der Waals surface area contributed by atoms with E-state index in [-0.39, 0.29) is 23.0 Å². The molecule has 5 fully saturated rings. The highest BCUT2D eigenvalue weighted by Gasteiger charge is 2.63.